The summed E-state index contributed by atoms with van der Waals surface area (Å²) in [5, 5.41) is 8.43. The first-order chi connectivity index (χ1) is 9.36. The number of likely N-dealkylation sites (tertiary alicyclic amines) is 1. The Bertz CT molecular complexity index is 540. The molecule has 1 aromatic rings. The van der Waals surface area contributed by atoms with Gasteiger partial charge < -0.3 is 10.2 Å². The van der Waals surface area contributed by atoms with Gasteiger partial charge in [-0.3, -0.25) is 0 Å². The van der Waals surface area contributed by atoms with Crippen molar-refractivity contribution in [1.29, 1.82) is 0 Å². The summed E-state index contributed by atoms with van der Waals surface area (Å²) in [6.45, 7) is 7.65. The molecule has 1 saturated heterocycles. The second-order valence-corrected chi connectivity index (χ2v) is 7.26. The second kappa shape index (κ2) is 6.11. The number of sulfonamides is 1. The average molecular weight is 297 g/mol. The number of benzene rings is 1. The van der Waals surface area contributed by atoms with Crippen molar-refractivity contribution in [2.75, 3.05) is 25.0 Å². The third-order valence-corrected chi connectivity index (χ3v) is 4.75. The van der Waals surface area contributed by atoms with Crippen LogP contribution in [-0.4, -0.2) is 39.0 Å². The quantitative estimate of drug-likeness (QED) is 0.863. The van der Waals surface area contributed by atoms with Gasteiger partial charge in [0, 0.05) is 24.8 Å². The van der Waals surface area contributed by atoms with Gasteiger partial charge in [-0.15, -0.1) is 0 Å². The van der Waals surface area contributed by atoms with E-state index in [1.807, 2.05) is 0 Å². The maximum Gasteiger partial charge on any atom is 0.238 e. The van der Waals surface area contributed by atoms with E-state index in [1.165, 1.54) is 18.6 Å². The van der Waals surface area contributed by atoms with Gasteiger partial charge in [0.2, 0.25) is 10.0 Å². The van der Waals surface area contributed by atoms with Crippen LogP contribution in [0.5, 0.6) is 0 Å². The summed E-state index contributed by atoms with van der Waals surface area (Å²) < 4.78 is 22.3. The molecule has 20 heavy (non-hydrogen) atoms. The molecule has 0 radical (unpaired) electrons. The zero-order valence-electron chi connectivity index (χ0n) is 12.0. The van der Waals surface area contributed by atoms with Crippen LogP contribution in [0, 0.1) is 5.92 Å². The van der Waals surface area contributed by atoms with Crippen molar-refractivity contribution < 1.29 is 8.42 Å². The zero-order valence-corrected chi connectivity index (χ0v) is 12.9. The molecule has 0 bridgehead atoms. The predicted molar refractivity (Wildman–Crippen MR) is 81.1 cm³/mol. The first kappa shape index (κ1) is 15.3. The van der Waals surface area contributed by atoms with Gasteiger partial charge in [-0.05, 0) is 57.0 Å². The lowest BCUT2D eigenvalue weighted by molar-refractivity contribution is 0.266. The maximum absolute atomic E-state index is 11.2. The highest BCUT2D eigenvalue weighted by Gasteiger charge is 2.23. The molecule has 1 atom stereocenters. The molecule has 0 aromatic heterocycles. The van der Waals surface area contributed by atoms with Crippen LogP contribution in [0.25, 0.3) is 0 Å². The number of rotatable bonds is 5. The minimum absolute atomic E-state index is 0.148. The number of primary sulfonamides is 1. The van der Waals surface area contributed by atoms with Crippen LogP contribution in [0.15, 0.2) is 29.2 Å². The second-order valence-electron chi connectivity index (χ2n) is 5.69. The fourth-order valence-electron chi connectivity index (χ4n) is 2.52. The van der Waals surface area contributed by atoms with Crippen molar-refractivity contribution in [3.8, 4) is 0 Å². The molecule has 1 aliphatic rings. The first-order valence-electron chi connectivity index (χ1n) is 6.97. The average Bonchev–Trinajstić information content (AvgIpc) is 2.85. The molecule has 1 heterocycles. The van der Waals surface area contributed by atoms with E-state index in [1.54, 1.807) is 12.1 Å². The van der Waals surface area contributed by atoms with Crippen LogP contribution in [0.1, 0.15) is 20.3 Å². The van der Waals surface area contributed by atoms with Gasteiger partial charge in [-0.2, -0.15) is 0 Å². The Labute approximate surface area is 121 Å². The molecule has 3 N–H and O–H groups in total. The van der Waals surface area contributed by atoms with Gasteiger partial charge in [0.05, 0.1) is 4.90 Å². The summed E-state index contributed by atoms with van der Waals surface area (Å²) >= 11 is 0. The van der Waals surface area contributed by atoms with Crippen LogP contribution >= 0.6 is 0 Å². The largest absolute Gasteiger partial charge is 0.385 e. The summed E-state index contributed by atoms with van der Waals surface area (Å²) in [7, 11) is -3.60. The molecule has 1 fully saturated rings. The number of hydrogen-bond acceptors (Lipinski definition) is 4. The summed E-state index contributed by atoms with van der Waals surface area (Å²) in [6, 6.07) is 7.19. The molecule has 1 aromatic carbocycles. The van der Waals surface area contributed by atoms with Crippen LogP contribution < -0.4 is 10.5 Å². The van der Waals surface area contributed by atoms with Gasteiger partial charge in [0.15, 0.2) is 0 Å². The van der Waals surface area contributed by atoms with Crippen LogP contribution in [0.2, 0.25) is 0 Å². The predicted octanol–water partition coefficient (Wildman–Crippen LogP) is 1.48. The Morgan fingerprint density at radius 3 is 2.50 bits per heavy atom. The van der Waals surface area contributed by atoms with Gasteiger partial charge in [-0.25, -0.2) is 13.6 Å². The van der Waals surface area contributed by atoms with Crippen LogP contribution in [0.4, 0.5) is 5.69 Å². The number of nitrogens with two attached hydrogens (primary N) is 1. The summed E-state index contributed by atoms with van der Waals surface area (Å²) in [5.41, 5.74) is 0.931. The summed E-state index contributed by atoms with van der Waals surface area (Å²) in [4.78, 5) is 2.63. The molecule has 0 spiro atoms. The Morgan fingerprint density at radius 1 is 1.35 bits per heavy atom. The molecular weight excluding hydrogens is 274 g/mol. The van der Waals surface area contributed by atoms with E-state index in [-0.39, 0.29) is 4.90 Å². The molecule has 1 aliphatic heterocycles. The van der Waals surface area contributed by atoms with E-state index < -0.39 is 10.0 Å². The first-order valence-corrected chi connectivity index (χ1v) is 8.51. The number of nitrogens with one attached hydrogen (secondary N) is 1. The summed E-state index contributed by atoms with van der Waals surface area (Å²) in [6.07, 6.45) is 1.21. The lowest BCUT2D eigenvalue weighted by atomic mass is 10.1. The third kappa shape index (κ3) is 3.94. The summed E-state index contributed by atoms with van der Waals surface area (Å²) in [5.74, 6) is 0.648. The van der Waals surface area contributed by atoms with E-state index in [9.17, 15) is 8.42 Å². The minimum Gasteiger partial charge on any atom is -0.385 e. The Hall–Kier alpha value is -1.11. The molecule has 0 saturated carbocycles. The molecule has 0 aliphatic carbocycles. The van der Waals surface area contributed by atoms with Crippen LogP contribution in [-0.2, 0) is 10.0 Å². The van der Waals surface area contributed by atoms with Crippen LogP contribution in [0.3, 0.4) is 0 Å². The lowest BCUT2D eigenvalue weighted by Gasteiger charge is -2.20. The Morgan fingerprint density at radius 2 is 2.00 bits per heavy atom. The topological polar surface area (TPSA) is 75.4 Å². The SMILES string of the molecule is CC(C)N1CCC(CNc2ccc(S(N)(=O)=O)cc2)C1. The molecule has 112 valence electrons. The Balaban J connectivity index is 1.86. The zero-order chi connectivity index (χ0) is 14.8. The van der Waals surface area contributed by atoms with Gasteiger partial charge in [0.25, 0.3) is 0 Å². The van der Waals surface area contributed by atoms with E-state index >= 15 is 0 Å². The van der Waals surface area contributed by atoms with Crippen molar-refractivity contribution in [2.45, 2.75) is 31.2 Å². The maximum atomic E-state index is 11.2. The van der Waals surface area contributed by atoms with E-state index in [0.717, 1.165) is 25.3 Å². The minimum atomic E-state index is -3.60. The fourth-order valence-corrected chi connectivity index (χ4v) is 3.04. The van der Waals surface area contributed by atoms with Crippen molar-refractivity contribution in [3.63, 3.8) is 0 Å². The smallest absolute Gasteiger partial charge is 0.238 e. The molecule has 2 rings (SSSR count). The monoisotopic (exact) mass is 297 g/mol. The lowest BCUT2D eigenvalue weighted by Crippen LogP contribution is -2.29. The van der Waals surface area contributed by atoms with Crippen molar-refractivity contribution in [2.24, 2.45) is 11.1 Å². The molecular formula is C14H23N3O2S. The van der Waals surface area contributed by atoms with E-state index in [4.69, 9.17) is 5.14 Å². The highest BCUT2D eigenvalue weighted by atomic mass is 32.2. The van der Waals surface area contributed by atoms with Gasteiger partial charge >= 0.3 is 0 Å². The van der Waals surface area contributed by atoms with E-state index in [0.29, 0.717) is 12.0 Å². The fraction of sp³-hybridized carbons (Fsp3) is 0.571. The Kier molecular flexibility index (Phi) is 4.67. The molecule has 0 amide bonds. The van der Waals surface area contributed by atoms with E-state index in [2.05, 4.69) is 24.1 Å². The highest BCUT2D eigenvalue weighted by Crippen LogP contribution is 2.20. The third-order valence-electron chi connectivity index (χ3n) is 3.83. The number of nitrogens with zero attached hydrogens (tertiary/aromatic N) is 1. The van der Waals surface area contributed by atoms with Crippen molar-refractivity contribution >= 4 is 15.7 Å². The van der Waals surface area contributed by atoms with Gasteiger partial charge in [0.1, 0.15) is 0 Å². The standard InChI is InChI=1S/C14H23N3O2S/c1-11(2)17-8-7-12(10-17)9-16-13-3-5-14(6-4-13)20(15,18)19/h3-6,11-12,16H,7-10H2,1-2H3,(H2,15,18,19). The molecule has 6 heteroatoms. The highest BCUT2D eigenvalue weighted by molar-refractivity contribution is 7.89. The van der Waals surface area contributed by atoms with Crippen molar-refractivity contribution in [3.05, 3.63) is 24.3 Å². The van der Waals surface area contributed by atoms with Crippen molar-refractivity contribution in [1.82, 2.24) is 4.90 Å². The normalized spacial score (nSPS) is 20.5. The number of hydrogen-bond donors (Lipinski definition) is 2. The number of anilines is 1. The van der Waals surface area contributed by atoms with Gasteiger partial charge in [-0.1, -0.05) is 0 Å². The molecule has 5 nitrogen and oxygen atoms in total. The molecule has 1 unspecified atom stereocenters.